The van der Waals surface area contributed by atoms with Crippen molar-refractivity contribution in [1.29, 1.82) is 0 Å². The van der Waals surface area contributed by atoms with Gasteiger partial charge < -0.3 is 9.47 Å². The van der Waals surface area contributed by atoms with Crippen molar-refractivity contribution in [3.63, 3.8) is 0 Å². The van der Waals surface area contributed by atoms with E-state index < -0.39 is 47.5 Å². The molecule has 0 rings (SSSR count). The van der Waals surface area contributed by atoms with Crippen LogP contribution in [0.5, 0.6) is 0 Å². The molecule has 0 N–H and O–H groups in total. The van der Waals surface area contributed by atoms with Crippen LogP contribution in [0.25, 0.3) is 0 Å². The number of alkyl halides is 6. The lowest BCUT2D eigenvalue weighted by atomic mass is 9.93. The lowest BCUT2D eigenvalue weighted by Gasteiger charge is -2.36. The molecule has 0 aromatic carbocycles. The maximum atomic E-state index is 13.0. The molecule has 134 valence electrons. The summed E-state index contributed by atoms with van der Waals surface area (Å²) in [6.45, 7) is 7.38. The summed E-state index contributed by atoms with van der Waals surface area (Å²) in [5, 5.41) is 0. The minimum Gasteiger partial charge on any atom is -0.457 e. The summed E-state index contributed by atoms with van der Waals surface area (Å²) in [6, 6.07) is 0. The van der Waals surface area contributed by atoms with Crippen LogP contribution in [0, 0.1) is 0 Å². The van der Waals surface area contributed by atoms with E-state index in [4.69, 9.17) is 0 Å². The average molecular weight is 350 g/mol. The first kappa shape index (κ1) is 21.3. The van der Waals surface area contributed by atoms with Crippen molar-refractivity contribution in [2.24, 2.45) is 0 Å². The maximum Gasteiger partial charge on any atom is 0.437 e. The van der Waals surface area contributed by atoms with Crippen LogP contribution in [0.15, 0.2) is 12.2 Å². The Morgan fingerprint density at radius 3 is 1.57 bits per heavy atom. The largest absolute Gasteiger partial charge is 0.457 e. The van der Waals surface area contributed by atoms with Crippen molar-refractivity contribution in [1.82, 2.24) is 0 Å². The Bertz CT molecular complexity index is 470. The molecule has 4 nitrogen and oxygen atoms in total. The van der Waals surface area contributed by atoms with E-state index in [1.165, 1.54) is 20.8 Å². The van der Waals surface area contributed by atoms with Crippen molar-refractivity contribution in [2.75, 3.05) is 0 Å². The second kappa shape index (κ2) is 6.40. The lowest BCUT2D eigenvalue weighted by Crippen LogP contribution is -2.60. The predicted octanol–water partition coefficient (Wildman–Crippen LogP) is 3.70. The second-order valence-electron chi connectivity index (χ2n) is 5.70. The first-order valence-electron chi connectivity index (χ1n) is 6.17. The van der Waals surface area contributed by atoms with E-state index in [0.29, 0.717) is 6.92 Å². The van der Waals surface area contributed by atoms with E-state index in [-0.39, 0.29) is 0 Å². The number of ether oxygens (including phenoxy) is 2. The minimum absolute atomic E-state index is 0.391. The molecule has 0 aliphatic carbocycles. The first-order chi connectivity index (χ1) is 9.93. The Morgan fingerprint density at radius 2 is 1.30 bits per heavy atom. The smallest absolute Gasteiger partial charge is 0.437 e. The molecule has 0 fully saturated rings. The molecule has 0 aromatic rings. The molecule has 0 unspecified atom stereocenters. The minimum atomic E-state index is -6.01. The number of hydrogen-bond donors (Lipinski definition) is 0. The lowest BCUT2D eigenvalue weighted by molar-refractivity contribution is -0.368. The Morgan fingerprint density at radius 1 is 0.913 bits per heavy atom. The van der Waals surface area contributed by atoms with E-state index >= 15 is 0 Å². The average Bonchev–Trinajstić information content (AvgIpc) is 2.21. The van der Waals surface area contributed by atoms with Gasteiger partial charge in [-0.1, -0.05) is 6.58 Å². The molecule has 23 heavy (non-hydrogen) atoms. The molecule has 0 amide bonds. The zero-order valence-electron chi connectivity index (χ0n) is 12.8. The van der Waals surface area contributed by atoms with Gasteiger partial charge in [-0.25, -0.2) is 4.79 Å². The normalized spacial score (nSPS) is 13.5. The predicted molar refractivity (Wildman–Crippen MR) is 66.2 cm³/mol. The molecule has 0 saturated carbocycles. The van der Waals surface area contributed by atoms with Crippen molar-refractivity contribution in [2.45, 2.75) is 57.7 Å². The monoisotopic (exact) mass is 350 g/mol. The molecule has 0 aromatic heterocycles. The Labute approximate surface area is 128 Å². The highest BCUT2D eigenvalue weighted by Crippen LogP contribution is 2.49. The van der Waals surface area contributed by atoms with Crippen molar-refractivity contribution in [3.05, 3.63) is 12.2 Å². The molecule has 0 aliphatic heterocycles. The molecular formula is C13H16F6O4. The van der Waals surface area contributed by atoms with Gasteiger partial charge in [0.1, 0.15) is 5.60 Å². The Balaban J connectivity index is 5.77. The highest BCUT2D eigenvalue weighted by molar-refractivity contribution is 5.88. The summed E-state index contributed by atoms with van der Waals surface area (Å²) in [7, 11) is 0. The topological polar surface area (TPSA) is 52.6 Å². The zero-order chi connectivity index (χ0) is 18.9. The van der Waals surface area contributed by atoms with Gasteiger partial charge in [0.2, 0.25) is 0 Å². The number of carbonyl (C=O) groups is 2. The molecule has 0 radical (unpaired) electrons. The third-order valence-electron chi connectivity index (χ3n) is 2.38. The summed E-state index contributed by atoms with van der Waals surface area (Å²) in [4.78, 5) is 22.3. The van der Waals surface area contributed by atoms with Crippen LogP contribution in [-0.2, 0) is 19.1 Å². The highest BCUT2D eigenvalue weighted by atomic mass is 19.4. The summed E-state index contributed by atoms with van der Waals surface area (Å²) >= 11 is 0. The van der Waals surface area contributed by atoms with E-state index in [2.05, 4.69) is 16.1 Å². The van der Waals surface area contributed by atoms with E-state index in [9.17, 15) is 35.9 Å². The third-order valence-corrected chi connectivity index (χ3v) is 2.38. The number of carbonyl (C=O) groups excluding carboxylic acids is 2. The number of halogens is 6. The molecule has 0 saturated heterocycles. The SMILES string of the molecule is C=C(CC(OC(C)=O)(C(F)(F)F)C(F)(F)F)C(=O)OC(C)(C)C. The van der Waals surface area contributed by atoms with Gasteiger partial charge in [-0.15, -0.1) is 0 Å². The molecule has 0 aliphatic rings. The fourth-order valence-electron chi connectivity index (χ4n) is 1.48. The molecule has 0 spiro atoms. The van der Waals surface area contributed by atoms with Crippen molar-refractivity contribution < 1.29 is 45.4 Å². The van der Waals surface area contributed by atoms with Gasteiger partial charge in [-0.3, -0.25) is 4.79 Å². The van der Waals surface area contributed by atoms with Crippen LogP contribution >= 0.6 is 0 Å². The van der Waals surface area contributed by atoms with Gasteiger partial charge in [0.25, 0.3) is 0 Å². The molecule has 0 heterocycles. The summed E-state index contributed by atoms with van der Waals surface area (Å²) in [5.41, 5.74) is -7.16. The van der Waals surface area contributed by atoms with E-state index in [1.54, 1.807) is 0 Å². The van der Waals surface area contributed by atoms with E-state index in [0.717, 1.165) is 0 Å². The molecular weight excluding hydrogens is 334 g/mol. The van der Waals surface area contributed by atoms with Crippen LogP contribution in [0.3, 0.4) is 0 Å². The Hall–Kier alpha value is -1.74. The zero-order valence-corrected chi connectivity index (χ0v) is 12.8. The quantitative estimate of drug-likeness (QED) is 0.441. The van der Waals surface area contributed by atoms with Gasteiger partial charge >= 0.3 is 29.9 Å². The van der Waals surface area contributed by atoms with Gasteiger partial charge in [-0.2, -0.15) is 26.3 Å². The maximum absolute atomic E-state index is 13.0. The summed E-state index contributed by atoms with van der Waals surface area (Å²) < 4.78 is 86.2. The van der Waals surface area contributed by atoms with Gasteiger partial charge in [0, 0.05) is 18.9 Å². The van der Waals surface area contributed by atoms with Crippen LogP contribution in [-0.4, -0.2) is 35.5 Å². The molecule has 0 bridgehead atoms. The molecule has 0 atom stereocenters. The number of hydrogen-bond acceptors (Lipinski definition) is 4. The van der Waals surface area contributed by atoms with Gasteiger partial charge in [0.15, 0.2) is 0 Å². The van der Waals surface area contributed by atoms with Crippen LogP contribution in [0.2, 0.25) is 0 Å². The van der Waals surface area contributed by atoms with Gasteiger partial charge in [0.05, 0.1) is 0 Å². The van der Waals surface area contributed by atoms with Crippen LogP contribution in [0.1, 0.15) is 34.1 Å². The first-order valence-corrected chi connectivity index (χ1v) is 6.17. The fourth-order valence-corrected chi connectivity index (χ4v) is 1.48. The van der Waals surface area contributed by atoms with Crippen molar-refractivity contribution >= 4 is 11.9 Å². The van der Waals surface area contributed by atoms with Crippen molar-refractivity contribution in [3.8, 4) is 0 Å². The molecule has 10 heteroatoms. The second-order valence-corrected chi connectivity index (χ2v) is 5.70. The van der Waals surface area contributed by atoms with E-state index in [1.807, 2.05) is 0 Å². The third kappa shape index (κ3) is 5.43. The number of rotatable bonds is 4. The summed E-state index contributed by atoms with van der Waals surface area (Å²) in [6.07, 6.45) is -14.0. The van der Waals surface area contributed by atoms with Crippen LogP contribution in [0.4, 0.5) is 26.3 Å². The number of esters is 2. The Kier molecular flexibility index (Phi) is 5.92. The highest BCUT2D eigenvalue weighted by Gasteiger charge is 2.74. The summed E-state index contributed by atoms with van der Waals surface area (Å²) in [5.74, 6) is -3.26. The fraction of sp³-hybridized carbons (Fsp3) is 0.692. The van der Waals surface area contributed by atoms with Gasteiger partial charge in [-0.05, 0) is 20.8 Å². The standard InChI is InChI=1S/C13H16F6O4/c1-7(9(21)23-10(3,4)5)6-11(12(14,15)16,13(17,18)19)22-8(2)20/h1,6H2,2-5H3. The van der Waals surface area contributed by atoms with Crippen LogP contribution < -0.4 is 0 Å².